The van der Waals surface area contributed by atoms with Crippen LogP contribution in [0.2, 0.25) is 0 Å². The molecule has 0 saturated carbocycles. The molecule has 1 aromatic rings. The van der Waals surface area contributed by atoms with Crippen molar-refractivity contribution in [2.75, 3.05) is 6.61 Å². The molecular weight excluding hydrogens is 208 g/mol. The van der Waals surface area contributed by atoms with Crippen LogP contribution in [0.1, 0.15) is 22.3 Å². The Kier molecular flexibility index (Phi) is 2.72. The highest BCUT2D eigenvalue weighted by Crippen LogP contribution is 2.25. The normalized spacial score (nSPS) is 14.6. The summed E-state index contributed by atoms with van der Waals surface area (Å²) in [5.74, 6) is -0.407. The largest absolute Gasteiger partial charge is 0.492 e. The third-order valence-electron chi connectivity index (χ3n) is 2.31. The quantitative estimate of drug-likeness (QED) is 0.768. The first kappa shape index (κ1) is 10.4. The van der Waals surface area contributed by atoms with Gasteiger partial charge in [0.25, 0.3) is 0 Å². The zero-order valence-corrected chi connectivity index (χ0v) is 8.47. The smallest absolute Gasteiger partial charge is 0.328 e. The van der Waals surface area contributed by atoms with E-state index in [1.807, 2.05) is 0 Å². The van der Waals surface area contributed by atoms with Crippen LogP contribution in [-0.2, 0) is 4.79 Å². The van der Waals surface area contributed by atoms with Gasteiger partial charge in [-0.25, -0.2) is 4.79 Å². The Bertz CT molecular complexity index is 474. The van der Waals surface area contributed by atoms with E-state index in [2.05, 4.69) is 0 Å². The Morgan fingerprint density at radius 3 is 3.00 bits per heavy atom. The minimum atomic E-state index is -1.01. The fourth-order valence-corrected chi connectivity index (χ4v) is 1.55. The van der Waals surface area contributed by atoms with E-state index in [-0.39, 0.29) is 5.78 Å². The molecule has 4 heteroatoms. The number of carboxylic acid groups (broad SMARTS) is 1. The van der Waals surface area contributed by atoms with E-state index in [0.29, 0.717) is 29.9 Å². The van der Waals surface area contributed by atoms with Crippen LogP contribution in [0.25, 0.3) is 6.08 Å². The lowest BCUT2D eigenvalue weighted by atomic mass is 10.0. The summed E-state index contributed by atoms with van der Waals surface area (Å²) in [5, 5.41) is 8.49. The van der Waals surface area contributed by atoms with Gasteiger partial charge >= 0.3 is 5.97 Å². The minimum absolute atomic E-state index is 0.0341. The molecule has 0 aliphatic carbocycles. The van der Waals surface area contributed by atoms with Gasteiger partial charge in [-0.1, -0.05) is 6.07 Å². The van der Waals surface area contributed by atoms with Crippen molar-refractivity contribution in [2.24, 2.45) is 0 Å². The maximum absolute atomic E-state index is 11.6. The van der Waals surface area contributed by atoms with Crippen LogP contribution >= 0.6 is 0 Å². The van der Waals surface area contributed by atoms with Crippen molar-refractivity contribution < 1.29 is 19.4 Å². The molecule has 0 aromatic heterocycles. The number of ether oxygens (including phenoxy) is 1. The monoisotopic (exact) mass is 218 g/mol. The van der Waals surface area contributed by atoms with Crippen molar-refractivity contribution in [2.45, 2.75) is 6.42 Å². The van der Waals surface area contributed by atoms with Gasteiger partial charge in [0.2, 0.25) is 0 Å². The summed E-state index contributed by atoms with van der Waals surface area (Å²) in [5.41, 5.74) is 1.21. The van der Waals surface area contributed by atoms with Crippen LogP contribution in [-0.4, -0.2) is 23.5 Å². The number of hydrogen-bond acceptors (Lipinski definition) is 3. The van der Waals surface area contributed by atoms with E-state index in [4.69, 9.17) is 9.84 Å². The fraction of sp³-hybridized carbons (Fsp3) is 0.167. The molecule has 2 rings (SSSR count). The van der Waals surface area contributed by atoms with Gasteiger partial charge in [-0.05, 0) is 23.8 Å². The number of hydrogen-bond donors (Lipinski definition) is 1. The highest BCUT2D eigenvalue weighted by Gasteiger charge is 2.17. The number of fused-ring (bicyclic) bond motifs is 1. The van der Waals surface area contributed by atoms with E-state index in [1.54, 1.807) is 18.2 Å². The average Bonchev–Trinajstić information content (AvgIpc) is 2.27. The van der Waals surface area contributed by atoms with Gasteiger partial charge in [-0.15, -0.1) is 0 Å². The summed E-state index contributed by atoms with van der Waals surface area (Å²) < 4.78 is 5.31. The Morgan fingerprint density at radius 2 is 2.25 bits per heavy atom. The first-order valence-electron chi connectivity index (χ1n) is 4.88. The molecule has 82 valence electrons. The van der Waals surface area contributed by atoms with Crippen LogP contribution in [0.15, 0.2) is 24.3 Å². The van der Waals surface area contributed by atoms with Crippen LogP contribution in [0.3, 0.4) is 0 Å². The zero-order chi connectivity index (χ0) is 11.5. The van der Waals surface area contributed by atoms with E-state index < -0.39 is 5.97 Å². The maximum atomic E-state index is 11.6. The molecule has 1 aliphatic rings. The fourth-order valence-electron chi connectivity index (χ4n) is 1.55. The van der Waals surface area contributed by atoms with Crippen molar-refractivity contribution in [3.05, 3.63) is 35.4 Å². The molecular formula is C12H10O4. The molecule has 0 spiro atoms. The van der Waals surface area contributed by atoms with Crippen molar-refractivity contribution in [1.29, 1.82) is 0 Å². The first-order chi connectivity index (χ1) is 7.66. The molecule has 0 atom stereocenters. The topological polar surface area (TPSA) is 63.6 Å². The van der Waals surface area contributed by atoms with E-state index in [0.717, 1.165) is 6.08 Å². The Hall–Kier alpha value is -2.10. The minimum Gasteiger partial charge on any atom is -0.492 e. The summed E-state index contributed by atoms with van der Waals surface area (Å²) in [6.45, 7) is 0.413. The summed E-state index contributed by atoms with van der Waals surface area (Å²) in [6, 6.07) is 5.06. The number of carbonyl (C=O) groups excluding carboxylic acids is 1. The van der Waals surface area contributed by atoms with E-state index in [1.165, 1.54) is 6.08 Å². The molecule has 0 amide bonds. The standard InChI is InChI=1S/C12H10O4/c13-10-5-6-16-11-3-1-8(7-9(10)11)2-4-12(14)15/h1-4,7H,5-6H2,(H,14,15). The summed E-state index contributed by atoms with van der Waals surface area (Å²) in [6.07, 6.45) is 2.86. The maximum Gasteiger partial charge on any atom is 0.328 e. The number of aliphatic carboxylic acids is 1. The second-order valence-corrected chi connectivity index (χ2v) is 3.45. The first-order valence-corrected chi connectivity index (χ1v) is 4.88. The molecule has 0 unspecified atom stereocenters. The highest BCUT2D eigenvalue weighted by atomic mass is 16.5. The lowest BCUT2D eigenvalue weighted by molar-refractivity contribution is -0.131. The van der Waals surface area contributed by atoms with Crippen molar-refractivity contribution in [1.82, 2.24) is 0 Å². The second kappa shape index (κ2) is 4.18. The number of ketones is 1. The molecule has 0 radical (unpaired) electrons. The molecule has 0 fully saturated rings. The summed E-state index contributed by atoms with van der Waals surface area (Å²) in [7, 11) is 0. The molecule has 1 N–H and O–H groups in total. The molecule has 16 heavy (non-hydrogen) atoms. The van der Waals surface area contributed by atoms with Gasteiger partial charge in [-0.2, -0.15) is 0 Å². The summed E-state index contributed by atoms with van der Waals surface area (Å²) in [4.78, 5) is 21.9. The molecule has 1 heterocycles. The lowest BCUT2D eigenvalue weighted by Gasteiger charge is -2.16. The van der Waals surface area contributed by atoms with Crippen LogP contribution in [0.5, 0.6) is 5.75 Å². The molecule has 1 aromatic carbocycles. The molecule has 0 saturated heterocycles. The second-order valence-electron chi connectivity index (χ2n) is 3.45. The predicted octanol–water partition coefficient (Wildman–Crippen LogP) is 1.75. The van der Waals surface area contributed by atoms with Crippen LogP contribution in [0.4, 0.5) is 0 Å². The van der Waals surface area contributed by atoms with Crippen molar-refractivity contribution in [3.63, 3.8) is 0 Å². The number of carboxylic acids is 1. The number of rotatable bonds is 2. The SMILES string of the molecule is O=C(O)C=Cc1ccc2c(c1)C(=O)CCO2. The predicted molar refractivity (Wildman–Crippen MR) is 57.6 cm³/mol. The van der Waals surface area contributed by atoms with E-state index >= 15 is 0 Å². The Morgan fingerprint density at radius 1 is 1.44 bits per heavy atom. The average molecular weight is 218 g/mol. The van der Waals surface area contributed by atoms with Gasteiger partial charge in [0.15, 0.2) is 5.78 Å². The van der Waals surface area contributed by atoms with Crippen LogP contribution in [0, 0.1) is 0 Å². The van der Waals surface area contributed by atoms with E-state index in [9.17, 15) is 9.59 Å². The van der Waals surface area contributed by atoms with Crippen LogP contribution < -0.4 is 4.74 Å². The van der Waals surface area contributed by atoms with Gasteiger partial charge in [0.05, 0.1) is 12.2 Å². The number of carbonyl (C=O) groups is 2. The Balaban J connectivity index is 2.34. The molecule has 4 nitrogen and oxygen atoms in total. The summed E-state index contributed by atoms with van der Waals surface area (Å²) >= 11 is 0. The Labute approximate surface area is 92.2 Å². The number of Topliss-reactive ketones (excluding diaryl/α,β-unsaturated/α-hetero) is 1. The number of benzene rings is 1. The lowest BCUT2D eigenvalue weighted by Crippen LogP contribution is -2.15. The molecule has 0 bridgehead atoms. The zero-order valence-electron chi connectivity index (χ0n) is 8.47. The van der Waals surface area contributed by atoms with Gasteiger partial charge in [0, 0.05) is 12.5 Å². The van der Waals surface area contributed by atoms with Gasteiger partial charge < -0.3 is 9.84 Å². The van der Waals surface area contributed by atoms with Gasteiger partial charge in [-0.3, -0.25) is 4.79 Å². The third-order valence-corrected chi connectivity index (χ3v) is 2.31. The third kappa shape index (κ3) is 2.11. The highest BCUT2D eigenvalue weighted by molar-refractivity contribution is 6.00. The van der Waals surface area contributed by atoms with Crippen molar-refractivity contribution >= 4 is 17.8 Å². The van der Waals surface area contributed by atoms with Crippen molar-refractivity contribution in [3.8, 4) is 5.75 Å². The molecule has 1 aliphatic heterocycles. The van der Waals surface area contributed by atoms with Gasteiger partial charge in [0.1, 0.15) is 5.75 Å².